The lowest BCUT2D eigenvalue weighted by molar-refractivity contribution is 0.102. The van der Waals surface area contributed by atoms with E-state index in [0.717, 1.165) is 22.3 Å². The minimum absolute atomic E-state index is 0.207. The second-order valence-electron chi connectivity index (χ2n) is 6.55. The third-order valence-electron chi connectivity index (χ3n) is 4.30. The van der Waals surface area contributed by atoms with Gasteiger partial charge in [-0.25, -0.2) is 4.68 Å². The molecule has 3 heterocycles. The normalized spacial score (nSPS) is 10.9. The highest BCUT2D eigenvalue weighted by atomic mass is 79.9. The van der Waals surface area contributed by atoms with E-state index < -0.39 is 0 Å². The smallest absolute Gasteiger partial charge is 0.276 e. The Bertz CT molecular complexity index is 1130. The molecule has 0 unspecified atom stereocenters. The summed E-state index contributed by atoms with van der Waals surface area (Å²) in [6, 6.07) is 9.14. The number of carbonyl (C=O) groups is 1. The molecule has 0 fully saturated rings. The second-order valence-corrected chi connectivity index (χ2v) is 7.47. The van der Waals surface area contributed by atoms with Gasteiger partial charge in [-0.15, -0.1) is 0 Å². The predicted octanol–water partition coefficient (Wildman–Crippen LogP) is 3.40. The summed E-state index contributed by atoms with van der Waals surface area (Å²) < 4.78 is 11.8. The van der Waals surface area contributed by atoms with Gasteiger partial charge in [0.25, 0.3) is 5.91 Å². The maximum absolute atomic E-state index is 12.5. The van der Waals surface area contributed by atoms with Crippen LogP contribution in [0.3, 0.4) is 0 Å². The number of nitrogens with one attached hydrogen (secondary N) is 1. The Labute approximate surface area is 181 Å². The lowest BCUT2D eigenvalue weighted by Crippen LogP contribution is -2.14. The highest BCUT2D eigenvalue weighted by Crippen LogP contribution is 2.16. The van der Waals surface area contributed by atoms with E-state index >= 15 is 0 Å². The SMILES string of the molecule is CCn1cc(Cn2cc(NC(=O)c3ccn(COc4ccc(Br)cc4)n3)cn2)cn1. The third-order valence-corrected chi connectivity index (χ3v) is 4.83. The molecule has 4 aromatic rings. The molecule has 154 valence electrons. The Morgan fingerprint density at radius 2 is 1.87 bits per heavy atom. The maximum atomic E-state index is 12.5. The van der Waals surface area contributed by atoms with Crippen molar-refractivity contribution in [2.45, 2.75) is 26.7 Å². The van der Waals surface area contributed by atoms with Gasteiger partial charge in [0.2, 0.25) is 0 Å². The summed E-state index contributed by atoms with van der Waals surface area (Å²) in [5.74, 6) is 0.410. The molecule has 0 aliphatic heterocycles. The quantitative estimate of drug-likeness (QED) is 0.426. The number of carbonyl (C=O) groups excluding carboxylic acids is 1. The van der Waals surface area contributed by atoms with Crippen LogP contribution in [0, 0.1) is 0 Å². The third kappa shape index (κ3) is 4.95. The van der Waals surface area contributed by atoms with Crippen LogP contribution in [0.25, 0.3) is 0 Å². The van der Waals surface area contributed by atoms with Crippen molar-refractivity contribution in [2.75, 3.05) is 5.32 Å². The largest absolute Gasteiger partial charge is 0.471 e. The Balaban J connectivity index is 1.32. The Hall–Kier alpha value is -3.40. The van der Waals surface area contributed by atoms with Crippen molar-refractivity contribution >= 4 is 27.5 Å². The number of hydrogen-bond donors (Lipinski definition) is 1. The Kier molecular flexibility index (Phi) is 5.94. The van der Waals surface area contributed by atoms with E-state index in [1.165, 1.54) is 0 Å². The first-order chi connectivity index (χ1) is 14.6. The monoisotopic (exact) mass is 469 g/mol. The number of benzene rings is 1. The van der Waals surface area contributed by atoms with Crippen LogP contribution in [0.5, 0.6) is 5.75 Å². The van der Waals surface area contributed by atoms with Gasteiger partial charge in [0, 0.05) is 35.2 Å². The lowest BCUT2D eigenvalue weighted by Gasteiger charge is -2.06. The minimum atomic E-state index is -0.309. The van der Waals surface area contributed by atoms with Crippen LogP contribution in [-0.4, -0.2) is 35.2 Å². The topological polar surface area (TPSA) is 91.8 Å². The molecular formula is C20H20BrN7O2. The molecule has 9 nitrogen and oxygen atoms in total. The molecule has 1 aromatic carbocycles. The molecule has 4 rings (SSSR count). The first kappa shape index (κ1) is 19.9. The van der Waals surface area contributed by atoms with E-state index in [9.17, 15) is 4.79 Å². The summed E-state index contributed by atoms with van der Waals surface area (Å²) in [5.41, 5.74) is 1.94. The minimum Gasteiger partial charge on any atom is -0.471 e. The summed E-state index contributed by atoms with van der Waals surface area (Å²) in [6.07, 6.45) is 8.86. The van der Waals surface area contributed by atoms with E-state index in [1.807, 2.05) is 48.3 Å². The average Bonchev–Trinajstić information content (AvgIpc) is 3.49. The summed E-state index contributed by atoms with van der Waals surface area (Å²) >= 11 is 3.38. The molecular weight excluding hydrogens is 450 g/mol. The predicted molar refractivity (Wildman–Crippen MR) is 114 cm³/mol. The molecule has 1 amide bonds. The van der Waals surface area contributed by atoms with Crippen LogP contribution in [-0.2, 0) is 19.8 Å². The van der Waals surface area contributed by atoms with Crippen LogP contribution in [0.4, 0.5) is 5.69 Å². The van der Waals surface area contributed by atoms with Gasteiger partial charge in [-0.05, 0) is 37.3 Å². The fourth-order valence-corrected chi connectivity index (χ4v) is 3.05. The van der Waals surface area contributed by atoms with E-state index in [-0.39, 0.29) is 12.6 Å². The van der Waals surface area contributed by atoms with Crippen LogP contribution in [0.1, 0.15) is 23.0 Å². The fourth-order valence-electron chi connectivity index (χ4n) is 2.78. The summed E-state index contributed by atoms with van der Waals surface area (Å²) in [4.78, 5) is 12.5. The van der Waals surface area contributed by atoms with E-state index in [0.29, 0.717) is 17.9 Å². The Morgan fingerprint density at radius 3 is 2.63 bits per heavy atom. The van der Waals surface area contributed by atoms with Crippen molar-refractivity contribution in [3.8, 4) is 5.75 Å². The summed E-state index contributed by atoms with van der Waals surface area (Å²) in [6.45, 7) is 3.64. The molecule has 10 heteroatoms. The highest BCUT2D eigenvalue weighted by Gasteiger charge is 2.11. The standard InChI is InChI=1S/C20H20BrN7O2/c1-2-26-11-15(9-22-26)12-28-13-17(10-23-28)24-20(29)19-7-8-27(25-19)14-30-18-5-3-16(21)4-6-18/h3-11,13H,2,12,14H2,1H3,(H,24,29). The molecule has 0 saturated carbocycles. The van der Waals surface area contributed by atoms with E-state index in [4.69, 9.17) is 4.74 Å². The first-order valence-electron chi connectivity index (χ1n) is 9.36. The van der Waals surface area contributed by atoms with Gasteiger partial charge >= 0.3 is 0 Å². The molecule has 0 radical (unpaired) electrons. The van der Waals surface area contributed by atoms with Crippen molar-refractivity contribution in [3.63, 3.8) is 0 Å². The lowest BCUT2D eigenvalue weighted by atomic mass is 10.3. The van der Waals surface area contributed by atoms with Crippen LogP contribution in [0.2, 0.25) is 0 Å². The number of hydrogen-bond acceptors (Lipinski definition) is 5. The molecule has 0 aliphatic carbocycles. The second kappa shape index (κ2) is 8.95. The van der Waals surface area contributed by atoms with Crippen LogP contribution >= 0.6 is 15.9 Å². The summed E-state index contributed by atoms with van der Waals surface area (Å²) in [7, 11) is 0. The first-order valence-corrected chi connectivity index (χ1v) is 10.2. The maximum Gasteiger partial charge on any atom is 0.276 e. The van der Waals surface area contributed by atoms with Crippen molar-refractivity contribution in [3.05, 3.63) is 77.0 Å². The Morgan fingerprint density at radius 1 is 1.07 bits per heavy atom. The average molecular weight is 470 g/mol. The number of rotatable bonds is 8. The van der Waals surface area contributed by atoms with Gasteiger partial charge in [0.05, 0.1) is 24.6 Å². The van der Waals surface area contributed by atoms with Crippen molar-refractivity contribution < 1.29 is 9.53 Å². The number of aromatic nitrogens is 6. The van der Waals surface area contributed by atoms with E-state index in [2.05, 4.69) is 36.5 Å². The van der Waals surface area contributed by atoms with Crippen molar-refractivity contribution in [1.29, 1.82) is 0 Å². The van der Waals surface area contributed by atoms with Gasteiger partial charge < -0.3 is 10.1 Å². The van der Waals surface area contributed by atoms with Gasteiger partial charge in [-0.3, -0.25) is 14.2 Å². The fraction of sp³-hybridized carbons (Fsp3) is 0.200. The number of amides is 1. The zero-order valence-electron chi connectivity index (χ0n) is 16.3. The number of halogens is 1. The van der Waals surface area contributed by atoms with Gasteiger partial charge in [0.1, 0.15) is 5.75 Å². The summed E-state index contributed by atoms with van der Waals surface area (Å²) in [5, 5.41) is 15.6. The number of anilines is 1. The molecule has 0 saturated heterocycles. The van der Waals surface area contributed by atoms with Crippen LogP contribution < -0.4 is 10.1 Å². The molecule has 0 spiro atoms. The number of ether oxygens (including phenoxy) is 1. The van der Waals surface area contributed by atoms with Crippen LogP contribution in [0.15, 0.2) is 65.8 Å². The molecule has 0 atom stereocenters. The highest BCUT2D eigenvalue weighted by molar-refractivity contribution is 9.10. The number of aryl methyl sites for hydroxylation is 1. The van der Waals surface area contributed by atoms with Gasteiger partial charge in [0.15, 0.2) is 12.4 Å². The molecule has 0 aliphatic rings. The molecule has 30 heavy (non-hydrogen) atoms. The van der Waals surface area contributed by atoms with Gasteiger partial charge in [-0.2, -0.15) is 15.3 Å². The van der Waals surface area contributed by atoms with Crippen molar-refractivity contribution in [1.82, 2.24) is 29.3 Å². The molecule has 1 N–H and O–H groups in total. The van der Waals surface area contributed by atoms with Gasteiger partial charge in [-0.1, -0.05) is 15.9 Å². The molecule has 0 bridgehead atoms. The van der Waals surface area contributed by atoms with Crippen molar-refractivity contribution in [2.24, 2.45) is 0 Å². The zero-order chi connectivity index (χ0) is 20.9. The molecule has 3 aromatic heterocycles. The van der Waals surface area contributed by atoms with E-state index in [1.54, 1.807) is 34.0 Å². The zero-order valence-corrected chi connectivity index (χ0v) is 17.9. The number of nitrogens with zero attached hydrogens (tertiary/aromatic N) is 6.